The van der Waals surface area contributed by atoms with Gasteiger partial charge in [0, 0.05) is 49.1 Å². The van der Waals surface area contributed by atoms with Gasteiger partial charge in [0.2, 0.25) is 0 Å². The number of esters is 1. The van der Waals surface area contributed by atoms with Gasteiger partial charge >= 0.3 is 11.6 Å². The van der Waals surface area contributed by atoms with Crippen LogP contribution in [0.3, 0.4) is 0 Å². The highest BCUT2D eigenvalue weighted by atomic mass is 16.7. The number of rotatable bonds is 7. The number of carbonyl (C=O) groups excluding carboxylic acids is 1. The molecule has 2 aliphatic carbocycles. The molecular weight excluding hydrogens is 518 g/mol. The SMILES string of the molecule is COCO[C@@H]1C[C@@]23CN(C)CCO[C@@]2(CC=C3[C@@H](C)OC(=O)c2cc3ccc(OC)cc3oc2=O)c2ccoc21. The Morgan fingerprint density at radius 1 is 1.23 bits per heavy atom. The van der Waals surface area contributed by atoms with Crippen LogP contribution < -0.4 is 10.4 Å². The van der Waals surface area contributed by atoms with Crippen molar-refractivity contribution < 1.29 is 37.3 Å². The van der Waals surface area contributed by atoms with Crippen molar-refractivity contribution in [2.75, 3.05) is 47.8 Å². The van der Waals surface area contributed by atoms with Gasteiger partial charge in [0.25, 0.3) is 0 Å². The molecule has 3 aromatic rings. The van der Waals surface area contributed by atoms with Crippen molar-refractivity contribution in [2.45, 2.75) is 37.6 Å². The number of benzene rings is 1. The topological polar surface area (TPSA) is 110 Å². The van der Waals surface area contributed by atoms with Crippen LogP contribution in [0.25, 0.3) is 11.0 Å². The van der Waals surface area contributed by atoms with E-state index in [4.69, 9.17) is 32.5 Å². The molecule has 0 saturated carbocycles. The van der Waals surface area contributed by atoms with Crippen LogP contribution in [0, 0.1) is 5.41 Å². The summed E-state index contributed by atoms with van der Waals surface area (Å²) >= 11 is 0. The van der Waals surface area contributed by atoms with Crippen LogP contribution in [0.15, 0.2) is 61.9 Å². The Morgan fingerprint density at radius 2 is 2.08 bits per heavy atom. The highest BCUT2D eigenvalue weighted by Gasteiger charge is 2.65. The molecule has 10 heteroatoms. The van der Waals surface area contributed by atoms with Gasteiger partial charge in [-0.3, -0.25) is 0 Å². The van der Waals surface area contributed by atoms with Gasteiger partial charge < -0.3 is 37.4 Å². The first kappa shape index (κ1) is 26.8. The minimum atomic E-state index is -0.767. The Labute approximate surface area is 231 Å². The molecule has 10 nitrogen and oxygen atoms in total. The largest absolute Gasteiger partial charge is 0.497 e. The van der Waals surface area contributed by atoms with Crippen LogP contribution in [0.2, 0.25) is 0 Å². The Balaban J connectivity index is 1.35. The highest BCUT2D eigenvalue weighted by molar-refractivity contribution is 5.93. The molecular formula is C30H33NO9. The van der Waals surface area contributed by atoms with E-state index in [9.17, 15) is 9.59 Å². The molecule has 6 rings (SSSR count). The first-order chi connectivity index (χ1) is 19.3. The molecule has 3 heterocycles. The van der Waals surface area contributed by atoms with E-state index in [-0.39, 0.29) is 18.5 Å². The Hall–Kier alpha value is -3.44. The van der Waals surface area contributed by atoms with E-state index in [1.54, 1.807) is 31.6 Å². The fourth-order valence-corrected chi connectivity index (χ4v) is 6.80. The van der Waals surface area contributed by atoms with Crippen LogP contribution in [-0.4, -0.2) is 64.7 Å². The van der Waals surface area contributed by atoms with Gasteiger partial charge in [-0.15, -0.1) is 0 Å². The molecule has 212 valence electrons. The molecule has 0 unspecified atom stereocenters. The van der Waals surface area contributed by atoms with Crippen LogP contribution in [-0.2, 0) is 24.5 Å². The second kappa shape index (κ2) is 10.2. The van der Waals surface area contributed by atoms with Crippen molar-refractivity contribution >= 4 is 16.9 Å². The number of ether oxygens (including phenoxy) is 5. The standard InChI is InChI=1S/C30H33NO9/c1-18(39-27(32)21-13-19-5-6-20(35-4)14-24(19)40-28(21)33)22-7-9-30-23-8-11-36-26(23)25(37-17-34-3)15-29(22,30)16-31(2)10-12-38-30/h5-8,11,13-14,18,25H,9-10,12,15-17H2,1-4H3/t18-,25-,29+,30+/m1/s1. The zero-order valence-corrected chi connectivity index (χ0v) is 23.1. The van der Waals surface area contributed by atoms with Crippen LogP contribution in [0.4, 0.5) is 0 Å². The van der Waals surface area contributed by atoms with E-state index in [1.807, 2.05) is 13.0 Å². The van der Waals surface area contributed by atoms with Gasteiger partial charge in [0.1, 0.15) is 47.3 Å². The first-order valence-electron chi connectivity index (χ1n) is 13.4. The summed E-state index contributed by atoms with van der Waals surface area (Å²) in [7, 11) is 5.17. The molecule has 0 spiro atoms. The first-order valence-corrected chi connectivity index (χ1v) is 13.4. The number of likely N-dealkylation sites (N-methyl/N-ethyl adjacent to an activating group) is 1. The Bertz CT molecular complexity index is 1520. The molecule has 2 aromatic heterocycles. The van der Waals surface area contributed by atoms with Crippen molar-refractivity contribution in [1.82, 2.24) is 4.90 Å². The third kappa shape index (κ3) is 4.09. The highest BCUT2D eigenvalue weighted by Crippen LogP contribution is 2.65. The minimum absolute atomic E-state index is 0.109. The predicted octanol–water partition coefficient (Wildman–Crippen LogP) is 4.18. The molecule has 0 radical (unpaired) electrons. The molecule has 1 aliphatic heterocycles. The predicted molar refractivity (Wildman–Crippen MR) is 143 cm³/mol. The van der Waals surface area contributed by atoms with Gasteiger partial charge in [-0.25, -0.2) is 9.59 Å². The summed E-state index contributed by atoms with van der Waals surface area (Å²) in [4.78, 5) is 28.4. The molecule has 1 saturated heterocycles. The Kier molecular flexibility index (Phi) is 6.82. The summed E-state index contributed by atoms with van der Waals surface area (Å²) in [5, 5.41) is 0.592. The molecule has 40 heavy (non-hydrogen) atoms. The van der Waals surface area contributed by atoms with Crippen molar-refractivity contribution in [3.63, 3.8) is 0 Å². The number of hydrogen-bond acceptors (Lipinski definition) is 10. The van der Waals surface area contributed by atoms with E-state index in [1.165, 1.54) is 13.2 Å². The molecule has 1 aromatic carbocycles. The van der Waals surface area contributed by atoms with Gasteiger partial charge in [0.05, 0.1) is 20.0 Å². The minimum Gasteiger partial charge on any atom is -0.497 e. The maximum absolute atomic E-state index is 13.4. The summed E-state index contributed by atoms with van der Waals surface area (Å²) in [6, 6.07) is 8.53. The molecule has 0 bridgehead atoms. The maximum Gasteiger partial charge on any atom is 0.351 e. The van der Waals surface area contributed by atoms with Crippen molar-refractivity contribution in [2.24, 2.45) is 5.41 Å². The molecule has 3 aliphatic rings. The van der Waals surface area contributed by atoms with Crippen LogP contribution >= 0.6 is 0 Å². The third-order valence-corrected chi connectivity index (χ3v) is 8.52. The number of furan rings is 1. The lowest BCUT2D eigenvalue weighted by Crippen LogP contribution is -2.54. The van der Waals surface area contributed by atoms with Crippen LogP contribution in [0.5, 0.6) is 5.75 Å². The molecule has 1 fully saturated rings. The number of methoxy groups -OCH3 is 2. The van der Waals surface area contributed by atoms with Gasteiger partial charge in [-0.05, 0) is 50.2 Å². The molecule has 0 N–H and O–H groups in total. The van der Waals surface area contributed by atoms with E-state index >= 15 is 0 Å². The van der Waals surface area contributed by atoms with Gasteiger partial charge in [-0.1, -0.05) is 6.08 Å². The molecule has 0 amide bonds. The number of fused-ring (bicyclic) bond motifs is 2. The normalized spacial score (nSPS) is 26.8. The lowest BCUT2D eigenvalue weighted by molar-refractivity contribution is -0.160. The van der Waals surface area contributed by atoms with Gasteiger partial charge in [-0.2, -0.15) is 0 Å². The van der Waals surface area contributed by atoms with E-state index in [0.717, 1.165) is 23.4 Å². The summed E-state index contributed by atoms with van der Waals surface area (Å²) in [6.07, 6.45) is 3.92. The van der Waals surface area contributed by atoms with Gasteiger partial charge in [0.15, 0.2) is 0 Å². The molecule has 4 atom stereocenters. The van der Waals surface area contributed by atoms with Crippen molar-refractivity contribution in [3.05, 3.63) is 75.6 Å². The zero-order chi connectivity index (χ0) is 28.1. The lowest BCUT2D eigenvalue weighted by atomic mass is 9.59. The lowest BCUT2D eigenvalue weighted by Gasteiger charge is -2.52. The Morgan fingerprint density at radius 3 is 2.88 bits per heavy atom. The number of hydrogen-bond donors (Lipinski definition) is 0. The maximum atomic E-state index is 13.4. The monoisotopic (exact) mass is 551 g/mol. The van der Waals surface area contributed by atoms with Crippen molar-refractivity contribution in [3.8, 4) is 5.75 Å². The average molecular weight is 552 g/mol. The summed E-state index contributed by atoms with van der Waals surface area (Å²) in [5.74, 6) is 0.540. The fourth-order valence-electron chi connectivity index (χ4n) is 6.80. The smallest absolute Gasteiger partial charge is 0.351 e. The van der Waals surface area contributed by atoms with E-state index in [0.29, 0.717) is 42.7 Å². The number of carbonyl (C=O) groups is 1. The average Bonchev–Trinajstić information content (AvgIpc) is 3.51. The quantitative estimate of drug-likeness (QED) is 0.184. The third-order valence-electron chi connectivity index (χ3n) is 8.52. The zero-order valence-electron chi connectivity index (χ0n) is 23.1. The summed E-state index contributed by atoms with van der Waals surface area (Å²) in [6.45, 7) is 3.91. The summed E-state index contributed by atoms with van der Waals surface area (Å²) in [5.41, 5.74) is 0.0187. The second-order valence-corrected chi connectivity index (χ2v) is 10.7. The second-order valence-electron chi connectivity index (χ2n) is 10.7. The number of nitrogens with zero attached hydrogens (tertiary/aromatic N) is 1. The summed E-state index contributed by atoms with van der Waals surface area (Å²) < 4.78 is 40.6. The van der Waals surface area contributed by atoms with E-state index in [2.05, 4.69) is 18.0 Å². The van der Waals surface area contributed by atoms with Crippen molar-refractivity contribution in [1.29, 1.82) is 0 Å². The van der Waals surface area contributed by atoms with E-state index < -0.39 is 28.7 Å². The fraction of sp³-hybridized carbons (Fsp3) is 0.467. The van der Waals surface area contributed by atoms with Crippen LogP contribution in [0.1, 0.15) is 47.6 Å².